The van der Waals surface area contributed by atoms with Gasteiger partial charge in [-0.05, 0) is 84.2 Å². The number of sulfone groups is 1. The summed E-state index contributed by atoms with van der Waals surface area (Å²) in [7, 11) is -2.99. The first-order valence-electron chi connectivity index (χ1n) is 13.3. The maximum Gasteiger partial charge on any atom is 0.303 e. The van der Waals surface area contributed by atoms with Crippen LogP contribution in [0.1, 0.15) is 53.0 Å². The number of fused-ring (bicyclic) bond motifs is 4. The third kappa shape index (κ3) is 6.38. The van der Waals surface area contributed by atoms with E-state index in [1.165, 1.54) is 28.5 Å². The van der Waals surface area contributed by atoms with Crippen molar-refractivity contribution in [1.82, 2.24) is 0 Å². The van der Waals surface area contributed by atoms with Crippen molar-refractivity contribution in [3.63, 3.8) is 0 Å². The lowest BCUT2D eigenvalue weighted by molar-refractivity contribution is -0.137. The zero-order valence-electron chi connectivity index (χ0n) is 22.4. The van der Waals surface area contributed by atoms with Gasteiger partial charge in [0.1, 0.15) is 33.7 Å². The minimum atomic E-state index is -2.99. The zero-order valence-corrected chi connectivity index (χ0v) is 23.2. The highest BCUT2D eigenvalue weighted by molar-refractivity contribution is 7.90. The summed E-state index contributed by atoms with van der Waals surface area (Å²) in [5.41, 5.74) is 8.33. The van der Waals surface area contributed by atoms with E-state index in [4.69, 9.17) is 19.3 Å². The largest absolute Gasteiger partial charge is 0.494 e. The van der Waals surface area contributed by atoms with E-state index < -0.39 is 15.8 Å². The third-order valence-electron chi connectivity index (χ3n) is 7.47. The minimum absolute atomic E-state index is 0.105. The summed E-state index contributed by atoms with van der Waals surface area (Å²) in [6.45, 7) is 3.42. The lowest BCUT2D eigenvalue weighted by Crippen LogP contribution is -2.11. The Kier molecular flexibility index (Phi) is 7.84. The fraction of sp³-hybridized carbons (Fsp3) is 0.387. The van der Waals surface area contributed by atoms with Gasteiger partial charge in [0, 0.05) is 30.2 Å². The first kappa shape index (κ1) is 27.1. The molecule has 1 aliphatic heterocycles. The molecule has 5 rings (SSSR count). The molecule has 1 atom stereocenters. The van der Waals surface area contributed by atoms with Gasteiger partial charge in [-0.1, -0.05) is 24.3 Å². The molecular weight excluding hydrogens is 516 g/mol. The number of aryl methyl sites for hydroxylation is 2. The number of carboxylic acids is 1. The average Bonchev–Trinajstić information content (AvgIpc) is 3.30. The molecule has 1 heterocycles. The molecule has 0 spiro atoms. The van der Waals surface area contributed by atoms with E-state index in [1.54, 1.807) is 0 Å². The Hall–Kier alpha value is -3.52. The zero-order chi connectivity index (χ0) is 27.6. The smallest absolute Gasteiger partial charge is 0.303 e. The second-order valence-corrected chi connectivity index (χ2v) is 12.7. The molecular formula is C31H34O7S. The molecule has 1 aliphatic carbocycles. The van der Waals surface area contributed by atoms with Gasteiger partial charge in [-0.25, -0.2) is 8.42 Å². The lowest BCUT2D eigenvalue weighted by atomic mass is 9.81. The summed E-state index contributed by atoms with van der Waals surface area (Å²) in [6.07, 6.45) is 4.21. The fourth-order valence-electron chi connectivity index (χ4n) is 5.60. The number of hydrogen-bond donors (Lipinski definition) is 1. The number of ether oxygens (including phenoxy) is 3. The third-order valence-corrected chi connectivity index (χ3v) is 8.50. The predicted octanol–water partition coefficient (Wildman–Crippen LogP) is 5.49. The molecule has 0 fully saturated rings. The van der Waals surface area contributed by atoms with Gasteiger partial charge in [0.15, 0.2) is 0 Å². The molecule has 1 N–H and O–H groups in total. The minimum Gasteiger partial charge on any atom is -0.494 e. The monoisotopic (exact) mass is 550 g/mol. The molecule has 3 aromatic carbocycles. The molecule has 0 saturated heterocycles. The van der Waals surface area contributed by atoms with Gasteiger partial charge in [0.2, 0.25) is 0 Å². The van der Waals surface area contributed by atoms with Crippen LogP contribution in [0.3, 0.4) is 0 Å². The van der Waals surface area contributed by atoms with Crippen molar-refractivity contribution >= 4 is 15.8 Å². The Labute approximate surface area is 229 Å². The SMILES string of the molecule is Cc1cc(OCCCS(C)(=O)=O)cc2c1-c1cccc(COc3ccc4c(c3)OC[C@H]4CCC(=O)O)c1CC2. The van der Waals surface area contributed by atoms with Gasteiger partial charge in [-0.3, -0.25) is 4.79 Å². The molecule has 0 radical (unpaired) electrons. The molecule has 2 aliphatic rings. The van der Waals surface area contributed by atoms with Gasteiger partial charge in [0.25, 0.3) is 0 Å². The molecule has 0 bridgehead atoms. The van der Waals surface area contributed by atoms with Crippen molar-refractivity contribution in [2.75, 3.05) is 25.2 Å². The highest BCUT2D eigenvalue weighted by Crippen LogP contribution is 2.41. The molecule has 0 saturated carbocycles. The Balaban J connectivity index is 1.27. The van der Waals surface area contributed by atoms with Crippen molar-refractivity contribution in [1.29, 1.82) is 0 Å². The van der Waals surface area contributed by atoms with Crippen LogP contribution in [0.25, 0.3) is 11.1 Å². The second-order valence-electron chi connectivity index (χ2n) is 10.5. The fourth-order valence-corrected chi connectivity index (χ4v) is 6.25. The molecule has 206 valence electrons. The second kappa shape index (κ2) is 11.3. The van der Waals surface area contributed by atoms with Crippen LogP contribution in [-0.4, -0.2) is 44.7 Å². The topological polar surface area (TPSA) is 99.1 Å². The summed E-state index contributed by atoms with van der Waals surface area (Å²) < 4.78 is 40.7. The van der Waals surface area contributed by atoms with E-state index in [1.807, 2.05) is 24.3 Å². The van der Waals surface area contributed by atoms with Gasteiger partial charge >= 0.3 is 5.97 Å². The number of hydrogen-bond acceptors (Lipinski definition) is 6. The molecule has 7 nitrogen and oxygen atoms in total. The summed E-state index contributed by atoms with van der Waals surface area (Å²) in [6, 6.07) is 16.3. The normalized spacial score (nSPS) is 15.6. The standard InChI is InChI=1S/C31H34O7S/c1-20-15-25(36-13-4-14-39(2,34)35)16-21-7-10-26-22(5-3-6-28(26)31(20)21)18-37-24-9-11-27-23(8-12-30(32)33)19-38-29(27)17-24/h3,5-6,9,11,15-17,23H,4,7-8,10,12-14,18-19H2,1-2H3,(H,32,33)/t23-/m1/s1. The predicted molar refractivity (Wildman–Crippen MR) is 150 cm³/mol. The van der Waals surface area contributed by atoms with Crippen LogP contribution in [-0.2, 0) is 34.1 Å². The summed E-state index contributed by atoms with van der Waals surface area (Å²) in [4.78, 5) is 10.9. The van der Waals surface area contributed by atoms with Gasteiger partial charge in [-0.2, -0.15) is 0 Å². The van der Waals surface area contributed by atoms with E-state index in [0.29, 0.717) is 32.7 Å². The first-order valence-corrected chi connectivity index (χ1v) is 15.4. The Morgan fingerprint density at radius 1 is 1.08 bits per heavy atom. The maximum absolute atomic E-state index is 11.4. The van der Waals surface area contributed by atoms with Crippen LogP contribution in [0.15, 0.2) is 48.5 Å². The van der Waals surface area contributed by atoms with Crippen LogP contribution in [0.4, 0.5) is 0 Å². The molecule has 0 amide bonds. The van der Waals surface area contributed by atoms with Gasteiger partial charge in [-0.15, -0.1) is 0 Å². The van der Waals surface area contributed by atoms with Crippen molar-refractivity contribution in [2.45, 2.75) is 51.6 Å². The van der Waals surface area contributed by atoms with Crippen LogP contribution in [0.5, 0.6) is 17.2 Å². The highest BCUT2D eigenvalue weighted by Gasteiger charge is 2.26. The summed E-state index contributed by atoms with van der Waals surface area (Å²) in [5, 5.41) is 8.99. The van der Waals surface area contributed by atoms with Crippen molar-refractivity contribution in [2.24, 2.45) is 0 Å². The van der Waals surface area contributed by atoms with Crippen molar-refractivity contribution < 1.29 is 32.5 Å². The van der Waals surface area contributed by atoms with Crippen molar-refractivity contribution in [3.05, 3.63) is 76.3 Å². The van der Waals surface area contributed by atoms with Crippen LogP contribution >= 0.6 is 0 Å². The first-order chi connectivity index (χ1) is 18.7. The number of aliphatic carboxylic acids is 1. The van der Waals surface area contributed by atoms with Crippen LogP contribution in [0.2, 0.25) is 0 Å². The Morgan fingerprint density at radius 3 is 2.72 bits per heavy atom. The quantitative estimate of drug-likeness (QED) is 0.315. The Morgan fingerprint density at radius 2 is 1.92 bits per heavy atom. The number of benzene rings is 3. The van der Waals surface area contributed by atoms with E-state index in [0.717, 1.165) is 46.8 Å². The van der Waals surface area contributed by atoms with Crippen LogP contribution in [0, 0.1) is 6.92 Å². The molecule has 0 unspecified atom stereocenters. The van der Waals surface area contributed by atoms with E-state index in [-0.39, 0.29) is 18.1 Å². The maximum atomic E-state index is 11.4. The van der Waals surface area contributed by atoms with E-state index in [2.05, 4.69) is 31.2 Å². The number of rotatable bonds is 11. The molecule has 0 aromatic heterocycles. The van der Waals surface area contributed by atoms with E-state index >= 15 is 0 Å². The molecule has 39 heavy (non-hydrogen) atoms. The highest BCUT2D eigenvalue weighted by atomic mass is 32.2. The summed E-state index contributed by atoms with van der Waals surface area (Å²) in [5.74, 6) is 1.73. The van der Waals surface area contributed by atoms with Crippen LogP contribution < -0.4 is 14.2 Å². The lowest BCUT2D eigenvalue weighted by Gasteiger charge is -2.25. The summed E-state index contributed by atoms with van der Waals surface area (Å²) >= 11 is 0. The van der Waals surface area contributed by atoms with Gasteiger partial charge < -0.3 is 19.3 Å². The van der Waals surface area contributed by atoms with E-state index in [9.17, 15) is 13.2 Å². The van der Waals surface area contributed by atoms with Crippen molar-refractivity contribution in [3.8, 4) is 28.4 Å². The molecule has 3 aromatic rings. The number of carbonyl (C=O) groups is 1. The average molecular weight is 551 g/mol. The number of carboxylic acid groups (broad SMARTS) is 1. The molecule has 8 heteroatoms. The van der Waals surface area contributed by atoms with Gasteiger partial charge in [0.05, 0.1) is 19.0 Å². The Bertz CT molecular complexity index is 1490.